The van der Waals surface area contributed by atoms with Crippen LogP contribution in [0, 0.1) is 5.92 Å². The minimum atomic E-state index is -3.93. The van der Waals surface area contributed by atoms with E-state index in [9.17, 15) is 28.3 Å². The van der Waals surface area contributed by atoms with Crippen molar-refractivity contribution in [1.29, 1.82) is 0 Å². The number of alkyl carbamates (subject to hydrolysis) is 1. The molecule has 0 bridgehead atoms. The number of methoxy groups -OCH3 is 1. The van der Waals surface area contributed by atoms with Gasteiger partial charge in [0, 0.05) is 26.1 Å². The number of benzene rings is 2. The zero-order valence-corrected chi connectivity index (χ0v) is 18.4. The van der Waals surface area contributed by atoms with Crippen LogP contribution in [0.1, 0.15) is 17.0 Å². The van der Waals surface area contributed by atoms with Gasteiger partial charge in [-0.15, -0.1) is 0 Å². The van der Waals surface area contributed by atoms with Crippen molar-refractivity contribution >= 4 is 18.0 Å². The quantitative estimate of drug-likeness (QED) is 0.640. The van der Waals surface area contributed by atoms with Crippen LogP contribution in [0.3, 0.4) is 0 Å². The third-order valence-electron chi connectivity index (χ3n) is 6.28. The molecule has 1 aliphatic carbocycles. The van der Waals surface area contributed by atoms with E-state index in [2.05, 4.69) is 0 Å². The summed E-state index contributed by atoms with van der Waals surface area (Å²) in [6.45, 7) is -1.99. The number of carbonyl (C=O) groups excluding carboxylic acids is 2. The number of carbonyl (C=O) groups is 3. The molecule has 2 aliphatic rings. The summed E-state index contributed by atoms with van der Waals surface area (Å²) >= 11 is 0. The summed E-state index contributed by atoms with van der Waals surface area (Å²) in [5.74, 6) is -8.07. The number of nitrogens with one attached hydrogen (secondary N) is 1. The maximum Gasteiger partial charge on any atom is 0.407 e. The van der Waals surface area contributed by atoms with Gasteiger partial charge in [0.15, 0.2) is 0 Å². The van der Waals surface area contributed by atoms with Crippen molar-refractivity contribution in [3.05, 3.63) is 59.7 Å². The van der Waals surface area contributed by atoms with E-state index in [0.29, 0.717) is 0 Å². The van der Waals surface area contributed by atoms with Gasteiger partial charge < -0.3 is 24.8 Å². The lowest BCUT2D eigenvalue weighted by atomic mass is 9.98. The third-order valence-corrected chi connectivity index (χ3v) is 6.28. The van der Waals surface area contributed by atoms with E-state index in [0.717, 1.165) is 27.2 Å². The van der Waals surface area contributed by atoms with Crippen LogP contribution < -0.4 is 5.32 Å². The molecule has 0 aromatic heterocycles. The van der Waals surface area contributed by atoms with Gasteiger partial charge in [0.25, 0.3) is 5.91 Å². The van der Waals surface area contributed by atoms with Gasteiger partial charge in [-0.05, 0) is 22.3 Å². The molecule has 2 unspecified atom stereocenters. The Morgan fingerprint density at radius 1 is 1.06 bits per heavy atom. The molecule has 2 N–H and O–H groups in total. The number of rotatable bonds is 7. The van der Waals surface area contributed by atoms with E-state index in [4.69, 9.17) is 9.47 Å². The van der Waals surface area contributed by atoms with E-state index >= 15 is 0 Å². The summed E-state index contributed by atoms with van der Waals surface area (Å²) in [5, 5.41) is 11.1. The fourth-order valence-corrected chi connectivity index (χ4v) is 4.56. The van der Waals surface area contributed by atoms with E-state index in [1.165, 1.54) is 7.11 Å². The molecule has 1 heterocycles. The van der Waals surface area contributed by atoms with Crippen LogP contribution in [0.25, 0.3) is 11.1 Å². The Kier molecular flexibility index (Phi) is 6.52. The Hall–Kier alpha value is -3.53. The Bertz CT molecular complexity index is 1060. The number of hydrogen-bond acceptors (Lipinski definition) is 5. The average Bonchev–Trinajstić information content (AvgIpc) is 3.41. The number of ether oxygens (including phenoxy) is 2. The van der Waals surface area contributed by atoms with Crippen LogP contribution in [0.5, 0.6) is 0 Å². The number of nitrogens with zero attached hydrogens (tertiary/aromatic N) is 1. The maximum absolute atomic E-state index is 14.5. The molecule has 2 aromatic carbocycles. The number of amides is 2. The van der Waals surface area contributed by atoms with E-state index in [-0.39, 0.29) is 19.1 Å². The zero-order valence-electron chi connectivity index (χ0n) is 18.4. The number of aliphatic carboxylic acids is 1. The number of fused-ring (bicyclic) bond motifs is 3. The SMILES string of the molecule is COC1CN(C(=O)C(F)(F)CNC(=O)OCC2c3ccccc3-c3ccccc32)CC1C(=O)O. The van der Waals surface area contributed by atoms with E-state index < -0.39 is 49.0 Å². The molecule has 0 saturated carbocycles. The lowest BCUT2D eigenvalue weighted by Gasteiger charge is -2.23. The van der Waals surface area contributed by atoms with Gasteiger partial charge in [-0.3, -0.25) is 9.59 Å². The highest BCUT2D eigenvalue weighted by Crippen LogP contribution is 2.44. The Morgan fingerprint density at radius 3 is 2.18 bits per heavy atom. The first-order chi connectivity index (χ1) is 16.2. The Morgan fingerprint density at radius 2 is 1.65 bits per heavy atom. The molecule has 2 amide bonds. The third kappa shape index (κ3) is 4.45. The molecular weight excluding hydrogens is 450 g/mol. The second kappa shape index (κ2) is 9.38. The molecule has 2 aromatic rings. The molecule has 34 heavy (non-hydrogen) atoms. The van der Waals surface area contributed by atoms with Crippen molar-refractivity contribution in [2.24, 2.45) is 5.92 Å². The molecule has 1 fully saturated rings. The number of likely N-dealkylation sites (tertiary alicyclic amines) is 1. The normalized spacial score (nSPS) is 19.4. The van der Waals surface area contributed by atoms with Crippen LogP contribution in [0.15, 0.2) is 48.5 Å². The molecular formula is C24H24F2N2O6. The summed E-state index contributed by atoms with van der Waals surface area (Å²) in [6.07, 6.45) is -1.96. The minimum absolute atomic E-state index is 0.0543. The van der Waals surface area contributed by atoms with Crippen LogP contribution in [-0.2, 0) is 19.1 Å². The van der Waals surface area contributed by atoms with Crippen molar-refractivity contribution in [3.63, 3.8) is 0 Å². The maximum atomic E-state index is 14.5. The van der Waals surface area contributed by atoms with Gasteiger partial charge in [-0.25, -0.2) is 4.79 Å². The number of halogens is 2. The smallest absolute Gasteiger partial charge is 0.407 e. The minimum Gasteiger partial charge on any atom is -0.481 e. The molecule has 10 heteroatoms. The first-order valence-electron chi connectivity index (χ1n) is 10.7. The molecule has 4 rings (SSSR count). The van der Waals surface area contributed by atoms with Crippen molar-refractivity contribution in [1.82, 2.24) is 10.2 Å². The van der Waals surface area contributed by atoms with Gasteiger partial charge in [0.05, 0.1) is 12.6 Å². The van der Waals surface area contributed by atoms with Crippen LogP contribution >= 0.6 is 0 Å². The average molecular weight is 474 g/mol. The van der Waals surface area contributed by atoms with Gasteiger partial charge in [0.1, 0.15) is 12.5 Å². The van der Waals surface area contributed by atoms with Gasteiger partial charge in [0.2, 0.25) is 0 Å². The summed E-state index contributed by atoms with van der Waals surface area (Å²) in [5.41, 5.74) is 4.02. The largest absolute Gasteiger partial charge is 0.481 e. The number of hydrogen-bond donors (Lipinski definition) is 2. The standard InChI is InChI=1S/C24H24F2N2O6/c1-33-20-11-28(10-18(20)21(29)30)22(31)24(25,26)13-27-23(32)34-12-19-16-8-4-2-6-14(16)15-7-3-5-9-17(15)19/h2-9,18-20H,10-13H2,1H3,(H,27,32)(H,29,30). The number of carboxylic acid groups (broad SMARTS) is 1. The molecule has 8 nitrogen and oxygen atoms in total. The molecule has 1 aliphatic heterocycles. The molecule has 0 radical (unpaired) electrons. The van der Waals surface area contributed by atoms with Crippen molar-refractivity contribution in [3.8, 4) is 11.1 Å². The highest BCUT2D eigenvalue weighted by molar-refractivity contribution is 5.86. The predicted octanol–water partition coefficient (Wildman–Crippen LogP) is 2.72. The monoisotopic (exact) mass is 474 g/mol. The summed E-state index contributed by atoms with van der Waals surface area (Å²) in [4.78, 5) is 36.5. The van der Waals surface area contributed by atoms with E-state index in [1.807, 2.05) is 53.8 Å². The fourth-order valence-electron chi connectivity index (χ4n) is 4.56. The van der Waals surface area contributed by atoms with Crippen molar-refractivity contribution in [2.75, 3.05) is 33.4 Å². The van der Waals surface area contributed by atoms with Crippen molar-refractivity contribution < 1.29 is 37.7 Å². The topological polar surface area (TPSA) is 105 Å². The van der Waals surface area contributed by atoms with Crippen molar-refractivity contribution in [2.45, 2.75) is 17.9 Å². The molecule has 0 spiro atoms. The molecule has 2 atom stereocenters. The lowest BCUT2D eigenvalue weighted by molar-refractivity contribution is -0.156. The fraction of sp³-hybridized carbons (Fsp3) is 0.375. The zero-order chi connectivity index (χ0) is 24.5. The second-order valence-corrected chi connectivity index (χ2v) is 8.31. The predicted molar refractivity (Wildman–Crippen MR) is 117 cm³/mol. The molecule has 180 valence electrons. The summed E-state index contributed by atoms with van der Waals surface area (Å²) < 4.78 is 39.2. The van der Waals surface area contributed by atoms with Gasteiger partial charge in [-0.2, -0.15) is 8.78 Å². The lowest BCUT2D eigenvalue weighted by Crippen LogP contribution is -2.49. The van der Waals surface area contributed by atoms with Crippen LogP contribution in [0.4, 0.5) is 13.6 Å². The highest BCUT2D eigenvalue weighted by Gasteiger charge is 2.48. The Labute approximate surface area is 194 Å². The van der Waals surface area contributed by atoms with Crippen LogP contribution in [-0.4, -0.2) is 73.4 Å². The molecule has 1 saturated heterocycles. The van der Waals surface area contributed by atoms with E-state index in [1.54, 1.807) is 0 Å². The van der Waals surface area contributed by atoms with Gasteiger partial charge >= 0.3 is 18.0 Å². The second-order valence-electron chi connectivity index (χ2n) is 8.31. The first-order valence-corrected chi connectivity index (χ1v) is 10.7. The van der Waals surface area contributed by atoms with Gasteiger partial charge in [-0.1, -0.05) is 48.5 Å². The highest BCUT2D eigenvalue weighted by atomic mass is 19.3. The Balaban J connectivity index is 1.34. The first kappa shape index (κ1) is 23.6. The van der Waals surface area contributed by atoms with Crippen LogP contribution in [0.2, 0.25) is 0 Å². The summed E-state index contributed by atoms with van der Waals surface area (Å²) in [7, 11) is 1.26. The number of carboxylic acids is 1. The summed E-state index contributed by atoms with van der Waals surface area (Å²) in [6, 6.07) is 15.4. The number of alkyl halides is 2.